The summed E-state index contributed by atoms with van der Waals surface area (Å²) in [5, 5.41) is 10.5. The van der Waals surface area contributed by atoms with E-state index in [9.17, 15) is 5.11 Å². The van der Waals surface area contributed by atoms with Gasteiger partial charge in [-0.2, -0.15) is 0 Å². The van der Waals surface area contributed by atoms with Gasteiger partial charge < -0.3 is 14.6 Å². The van der Waals surface area contributed by atoms with Crippen LogP contribution in [-0.4, -0.2) is 18.3 Å². The van der Waals surface area contributed by atoms with Crippen molar-refractivity contribution < 1.29 is 14.6 Å². The molecule has 1 aromatic rings. The number of benzene rings is 1. The summed E-state index contributed by atoms with van der Waals surface area (Å²) in [7, 11) is 0. The predicted octanol–water partition coefficient (Wildman–Crippen LogP) is 4.59. The highest BCUT2D eigenvalue weighted by Gasteiger charge is 2.24. The molecule has 2 unspecified atom stereocenters. The predicted molar refractivity (Wildman–Crippen MR) is 87.0 cm³/mol. The van der Waals surface area contributed by atoms with E-state index in [1.165, 1.54) is 0 Å². The molecule has 0 heterocycles. The molecule has 2 atom stereocenters. The van der Waals surface area contributed by atoms with Crippen molar-refractivity contribution in [2.75, 3.05) is 13.2 Å². The highest BCUT2D eigenvalue weighted by atomic mass is 16.5. The molecule has 21 heavy (non-hydrogen) atoms. The lowest BCUT2D eigenvalue weighted by molar-refractivity contribution is 0.110. The van der Waals surface area contributed by atoms with Crippen LogP contribution in [0.1, 0.15) is 59.6 Å². The summed E-state index contributed by atoms with van der Waals surface area (Å²) < 4.78 is 11.2. The van der Waals surface area contributed by atoms with Crippen LogP contribution in [0.4, 0.5) is 0 Å². The van der Waals surface area contributed by atoms with Gasteiger partial charge in [0.1, 0.15) is 0 Å². The van der Waals surface area contributed by atoms with Crippen LogP contribution in [-0.2, 0) is 0 Å². The van der Waals surface area contributed by atoms with E-state index < -0.39 is 6.10 Å². The van der Waals surface area contributed by atoms with Crippen LogP contribution in [0.3, 0.4) is 0 Å². The van der Waals surface area contributed by atoms with E-state index in [4.69, 9.17) is 9.47 Å². The fraction of sp³-hybridized carbons (Fsp3) is 0.667. The Kier molecular flexibility index (Phi) is 6.53. The molecule has 0 radical (unpaired) electrons. The lowest BCUT2D eigenvalue weighted by Crippen LogP contribution is -2.19. The molecular weight excluding hydrogens is 264 g/mol. The first kappa shape index (κ1) is 17.8. The molecule has 1 N–H and O–H groups in total. The zero-order valence-electron chi connectivity index (χ0n) is 14.3. The second-order valence-corrected chi connectivity index (χ2v) is 6.59. The summed E-state index contributed by atoms with van der Waals surface area (Å²) >= 11 is 0. The largest absolute Gasteiger partial charge is 0.490 e. The summed E-state index contributed by atoms with van der Waals surface area (Å²) in [6.45, 7) is 13.9. The van der Waals surface area contributed by atoms with Crippen molar-refractivity contribution in [3.63, 3.8) is 0 Å². The standard InChI is InChI=1S/C18H30O3/c1-7-20-16-10-9-14(12-17(16)21-8-2)15(19)11-13(3)18(4,5)6/h9-10,12-13,15,19H,7-8,11H2,1-6H3. The van der Waals surface area contributed by atoms with Gasteiger partial charge in [0, 0.05) is 0 Å². The minimum Gasteiger partial charge on any atom is -0.490 e. The topological polar surface area (TPSA) is 38.7 Å². The Bertz CT molecular complexity index is 435. The molecule has 0 aliphatic carbocycles. The van der Waals surface area contributed by atoms with E-state index in [-0.39, 0.29) is 5.41 Å². The lowest BCUT2D eigenvalue weighted by Gasteiger charge is -2.29. The summed E-state index contributed by atoms with van der Waals surface area (Å²) in [6, 6.07) is 5.71. The van der Waals surface area contributed by atoms with Gasteiger partial charge in [0.05, 0.1) is 19.3 Å². The molecule has 0 aliphatic heterocycles. The number of aliphatic hydroxyl groups excluding tert-OH is 1. The van der Waals surface area contributed by atoms with Gasteiger partial charge >= 0.3 is 0 Å². The third-order valence-electron chi connectivity index (χ3n) is 4.01. The Morgan fingerprint density at radius 1 is 1.05 bits per heavy atom. The minimum atomic E-state index is -0.478. The average Bonchev–Trinajstić information content (AvgIpc) is 2.40. The van der Waals surface area contributed by atoms with Crippen molar-refractivity contribution in [1.29, 1.82) is 0 Å². The van der Waals surface area contributed by atoms with Crippen molar-refractivity contribution in [3.05, 3.63) is 23.8 Å². The Hall–Kier alpha value is -1.22. The maximum atomic E-state index is 10.5. The van der Waals surface area contributed by atoms with Gasteiger partial charge in [0.25, 0.3) is 0 Å². The second kappa shape index (κ2) is 7.69. The van der Waals surface area contributed by atoms with Crippen molar-refractivity contribution in [2.45, 2.75) is 54.1 Å². The van der Waals surface area contributed by atoms with E-state index in [0.29, 0.717) is 24.9 Å². The van der Waals surface area contributed by atoms with Gasteiger partial charge in [-0.15, -0.1) is 0 Å². The molecule has 0 amide bonds. The number of ether oxygens (including phenoxy) is 2. The van der Waals surface area contributed by atoms with E-state index in [1.54, 1.807) is 0 Å². The van der Waals surface area contributed by atoms with E-state index in [2.05, 4.69) is 27.7 Å². The van der Waals surface area contributed by atoms with Gasteiger partial charge in [-0.05, 0) is 49.3 Å². The smallest absolute Gasteiger partial charge is 0.161 e. The molecule has 3 nitrogen and oxygen atoms in total. The molecule has 0 fully saturated rings. The van der Waals surface area contributed by atoms with Crippen LogP contribution < -0.4 is 9.47 Å². The Labute approximate surface area is 129 Å². The molecule has 120 valence electrons. The van der Waals surface area contributed by atoms with Crippen molar-refractivity contribution in [2.24, 2.45) is 11.3 Å². The van der Waals surface area contributed by atoms with E-state index in [1.807, 2.05) is 32.0 Å². The Morgan fingerprint density at radius 3 is 2.14 bits per heavy atom. The van der Waals surface area contributed by atoms with Crippen molar-refractivity contribution >= 4 is 0 Å². The van der Waals surface area contributed by atoms with Crippen LogP contribution in [0.2, 0.25) is 0 Å². The summed E-state index contributed by atoms with van der Waals surface area (Å²) in [4.78, 5) is 0. The molecule has 0 saturated carbocycles. The first-order chi connectivity index (χ1) is 9.79. The zero-order valence-corrected chi connectivity index (χ0v) is 14.3. The normalized spacial score (nSPS) is 14.6. The molecule has 0 aliphatic rings. The molecule has 1 rings (SSSR count). The SMILES string of the molecule is CCOc1ccc(C(O)CC(C)C(C)(C)C)cc1OCC. The zero-order chi connectivity index (χ0) is 16.0. The summed E-state index contributed by atoms with van der Waals surface area (Å²) in [6.07, 6.45) is 0.261. The first-order valence-electron chi connectivity index (χ1n) is 7.87. The highest BCUT2D eigenvalue weighted by Crippen LogP contribution is 2.36. The Morgan fingerprint density at radius 2 is 1.62 bits per heavy atom. The van der Waals surface area contributed by atoms with Gasteiger partial charge in [0.15, 0.2) is 11.5 Å². The van der Waals surface area contributed by atoms with Gasteiger partial charge in [-0.25, -0.2) is 0 Å². The van der Waals surface area contributed by atoms with Gasteiger partial charge in [0.2, 0.25) is 0 Å². The second-order valence-electron chi connectivity index (χ2n) is 6.59. The molecule has 0 aromatic heterocycles. The fourth-order valence-corrected chi connectivity index (χ4v) is 2.10. The van der Waals surface area contributed by atoms with Crippen LogP contribution >= 0.6 is 0 Å². The first-order valence-corrected chi connectivity index (χ1v) is 7.87. The number of hydrogen-bond acceptors (Lipinski definition) is 3. The average molecular weight is 294 g/mol. The lowest BCUT2D eigenvalue weighted by atomic mass is 9.78. The van der Waals surface area contributed by atoms with Crippen LogP contribution in [0.15, 0.2) is 18.2 Å². The molecule has 3 heteroatoms. The maximum Gasteiger partial charge on any atom is 0.161 e. The molecule has 0 spiro atoms. The molecule has 1 aromatic carbocycles. The third-order valence-corrected chi connectivity index (χ3v) is 4.01. The van der Waals surface area contributed by atoms with Gasteiger partial charge in [-0.3, -0.25) is 0 Å². The quantitative estimate of drug-likeness (QED) is 0.799. The van der Waals surface area contributed by atoms with Crippen LogP contribution in [0, 0.1) is 11.3 Å². The monoisotopic (exact) mass is 294 g/mol. The summed E-state index contributed by atoms with van der Waals surface area (Å²) in [5.74, 6) is 1.87. The third kappa shape index (κ3) is 5.24. The number of rotatable bonds is 7. The molecule has 0 saturated heterocycles. The van der Waals surface area contributed by atoms with Gasteiger partial charge in [-0.1, -0.05) is 33.8 Å². The fourth-order valence-electron chi connectivity index (χ4n) is 2.10. The minimum absolute atomic E-state index is 0.189. The Balaban J connectivity index is 2.89. The molecule has 0 bridgehead atoms. The number of aliphatic hydroxyl groups is 1. The summed E-state index contributed by atoms with van der Waals surface area (Å²) in [5.41, 5.74) is 1.08. The number of hydrogen-bond donors (Lipinski definition) is 1. The van der Waals surface area contributed by atoms with Crippen molar-refractivity contribution in [1.82, 2.24) is 0 Å². The van der Waals surface area contributed by atoms with Crippen LogP contribution in [0.25, 0.3) is 0 Å². The maximum absolute atomic E-state index is 10.5. The molecular formula is C18H30O3. The van der Waals surface area contributed by atoms with Crippen molar-refractivity contribution in [3.8, 4) is 11.5 Å². The van der Waals surface area contributed by atoms with Crippen LogP contribution in [0.5, 0.6) is 11.5 Å². The van der Waals surface area contributed by atoms with E-state index in [0.717, 1.165) is 17.7 Å². The van der Waals surface area contributed by atoms with E-state index >= 15 is 0 Å². The highest BCUT2D eigenvalue weighted by molar-refractivity contribution is 5.43.